The van der Waals surface area contributed by atoms with Crippen molar-refractivity contribution in [1.29, 1.82) is 0 Å². The van der Waals surface area contributed by atoms with Crippen LogP contribution >= 0.6 is 0 Å². The number of ether oxygens (including phenoxy) is 2. The molecule has 9 nitrogen and oxygen atoms in total. The summed E-state index contributed by atoms with van der Waals surface area (Å²) in [5, 5.41) is 23.4. The summed E-state index contributed by atoms with van der Waals surface area (Å²) in [7, 11) is 0. The average Bonchev–Trinajstić information content (AvgIpc) is 2.89. The van der Waals surface area contributed by atoms with Gasteiger partial charge >= 0.3 is 12.1 Å². The molecule has 5 atom stereocenters. The predicted octanol–water partition coefficient (Wildman–Crippen LogP) is 5.23. The molecule has 0 unspecified atom stereocenters. The molecule has 1 aliphatic rings. The highest BCUT2D eigenvalue weighted by Gasteiger charge is 2.21. The second-order valence-corrected chi connectivity index (χ2v) is 10.8. The fourth-order valence-electron chi connectivity index (χ4n) is 4.17. The molecule has 0 saturated carbocycles. The van der Waals surface area contributed by atoms with E-state index in [-0.39, 0.29) is 11.8 Å². The third kappa shape index (κ3) is 17.2. The number of carbonyl (C=O) groups is 3. The van der Waals surface area contributed by atoms with Gasteiger partial charge in [0.2, 0.25) is 5.91 Å². The minimum atomic E-state index is -1.11. The first kappa shape index (κ1) is 36.3. The van der Waals surface area contributed by atoms with E-state index in [0.29, 0.717) is 38.5 Å². The molecule has 1 aliphatic heterocycles. The number of hydrogen-bond donors (Lipinski definition) is 4. The molecule has 0 spiro atoms. The Morgan fingerprint density at radius 3 is 2.57 bits per heavy atom. The number of allylic oxidation sites excluding steroid dienone is 7. The Hall–Kier alpha value is -3.69. The molecule has 0 bridgehead atoms. The van der Waals surface area contributed by atoms with Gasteiger partial charge in [0, 0.05) is 30.7 Å². The van der Waals surface area contributed by atoms with Gasteiger partial charge in [0.05, 0.1) is 6.10 Å². The molecule has 0 aromatic heterocycles. The van der Waals surface area contributed by atoms with Crippen LogP contribution in [0.15, 0.2) is 83.7 Å². The molecule has 5 N–H and O–H groups in total. The fraction of sp³-hybridized carbons (Fsp3) is 0.485. The molecule has 42 heavy (non-hydrogen) atoms. The lowest BCUT2D eigenvalue weighted by molar-refractivity contribution is -0.144. The minimum Gasteiger partial charge on any atom is -0.458 e. The Bertz CT molecular complexity index is 1090. The van der Waals surface area contributed by atoms with Crippen LogP contribution < -0.4 is 11.1 Å². The molecule has 0 aromatic carbocycles. The van der Waals surface area contributed by atoms with Crippen molar-refractivity contribution in [3.63, 3.8) is 0 Å². The number of amides is 2. The summed E-state index contributed by atoms with van der Waals surface area (Å²) in [5.41, 5.74) is 7.98. The standard InChI is InChI=1S/C33H48N2O7/c1-23(2)20-31(38)35-19-18-25(4)21-26(5)30-22-24(3)12-8-6-10-14-29(42-33(34)40)28(37)17-16-27(36)13-9-7-11-15-32(39)41-30/h6,8,11-12,15-21,26-30,36-37H,7,9-10,13-14,22H2,1-5H3,(H2,34,40)(H,35,38)/b8-6?,15-11?,17-16?,19-18+,24-12?,25-21+/t26-,27+,28+,29+,30-/m1/s1. The lowest BCUT2D eigenvalue weighted by atomic mass is 9.95. The van der Waals surface area contributed by atoms with E-state index in [2.05, 4.69) is 5.32 Å². The van der Waals surface area contributed by atoms with Crippen LogP contribution in [0, 0.1) is 5.92 Å². The number of nitrogens with two attached hydrogens (primary N) is 1. The highest BCUT2D eigenvalue weighted by Crippen LogP contribution is 2.21. The first-order chi connectivity index (χ1) is 19.9. The summed E-state index contributed by atoms with van der Waals surface area (Å²) in [6, 6.07) is 0. The fourth-order valence-corrected chi connectivity index (χ4v) is 4.17. The van der Waals surface area contributed by atoms with Crippen LogP contribution in [0.2, 0.25) is 0 Å². The van der Waals surface area contributed by atoms with Crippen LogP contribution in [0.1, 0.15) is 73.1 Å². The smallest absolute Gasteiger partial charge is 0.404 e. The lowest BCUT2D eigenvalue weighted by Crippen LogP contribution is -2.32. The normalized spacial score (nSPS) is 24.3. The zero-order valence-electron chi connectivity index (χ0n) is 25.5. The van der Waals surface area contributed by atoms with Gasteiger partial charge in [0.15, 0.2) is 0 Å². The van der Waals surface area contributed by atoms with Crippen molar-refractivity contribution in [2.75, 3.05) is 0 Å². The second-order valence-electron chi connectivity index (χ2n) is 10.8. The molecule has 0 fully saturated rings. The number of rotatable bonds is 6. The van der Waals surface area contributed by atoms with Crippen LogP contribution in [-0.4, -0.2) is 52.6 Å². The largest absolute Gasteiger partial charge is 0.458 e. The maximum Gasteiger partial charge on any atom is 0.404 e. The van der Waals surface area contributed by atoms with Crippen LogP contribution in [-0.2, 0) is 19.1 Å². The van der Waals surface area contributed by atoms with Crippen molar-refractivity contribution in [3.8, 4) is 0 Å². The summed E-state index contributed by atoms with van der Waals surface area (Å²) in [6.07, 6.45) is 17.3. The van der Waals surface area contributed by atoms with Crippen LogP contribution in [0.3, 0.4) is 0 Å². The highest BCUT2D eigenvalue weighted by molar-refractivity contribution is 5.88. The number of hydrogen-bond acceptors (Lipinski definition) is 7. The molecule has 1 heterocycles. The van der Waals surface area contributed by atoms with Crippen molar-refractivity contribution in [2.24, 2.45) is 11.7 Å². The Morgan fingerprint density at radius 2 is 1.88 bits per heavy atom. The first-order valence-electron chi connectivity index (χ1n) is 14.4. The second kappa shape index (κ2) is 20.2. The van der Waals surface area contributed by atoms with E-state index >= 15 is 0 Å². The minimum absolute atomic E-state index is 0.124. The lowest BCUT2D eigenvalue weighted by Gasteiger charge is -2.22. The maximum absolute atomic E-state index is 12.6. The predicted molar refractivity (Wildman–Crippen MR) is 165 cm³/mol. The Kier molecular flexibility index (Phi) is 17.5. The van der Waals surface area contributed by atoms with Crippen molar-refractivity contribution in [1.82, 2.24) is 5.32 Å². The van der Waals surface area contributed by atoms with Gasteiger partial charge in [-0.3, -0.25) is 4.79 Å². The van der Waals surface area contributed by atoms with Crippen LogP contribution in [0.5, 0.6) is 0 Å². The molecule has 9 heteroatoms. The quantitative estimate of drug-likeness (QED) is 0.145. The maximum atomic E-state index is 12.6. The molecule has 0 saturated heterocycles. The van der Waals surface area contributed by atoms with E-state index in [4.69, 9.17) is 15.2 Å². The van der Waals surface area contributed by atoms with Crippen molar-refractivity contribution in [3.05, 3.63) is 83.7 Å². The molecule has 0 aliphatic carbocycles. The van der Waals surface area contributed by atoms with E-state index in [9.17, 15) is 24.6 Å². The molecule has 1 rings (SSSR count). The molecule has 2 amide bonds. The topological polar surface area (TPSA) is 148 Å². The number of aliphatic hydroxyl groups is 2. The number of nitrogens with one attached hydrogen (secondary N) is 1. The van der Waals surface area contributed by atoms with Gasteiger partial charge in [0.1, 0.15) is 18.3 Å². The van der Waals surface area contributed by atoms with E-state index < -0.39 is 36.5 Å². The zero-order valence-corrected chi connectivity index (χ0v) is 25.5. The number of cyclic esters (lactones) is 1. The zero-order chi connectivity index (χ0) is 31.5. The molecule has 0 radical (unpaired) electrons. The van der Waals surface area contributed by atoms with Crippen molar-refractivity contribution in [2.45, 2.75) is 97.6 Å². The Labute approximate surface area is 250 Å². The summed E-state index contributed by atoms with van der Waals surface area (Å²) in [5.74, 6) is -0.764. The van der Waals surface area contributed by atoms with Gasteiger partial charge < -0.3 is 30.7 Å². The number of aliphatic hydroxyl groups excluding tert-OH is 2. The number of carbonyl (C=O) groups excluding carboxylic acids is 3. The summed E-state index contributed by atoms with van der Waals surface area (Å²) in [6.45, 7) is 9.54. The van der Waals surface area contributed by atoms with Gasteiger partial charge in [-0.2, -0.15) is 0 Å². The Balaban J connectivity index is 3.09. The SMILES string of the molecule is CC(C)=CC(=O)N/C=C/C(C)=C/[C@@H](C)[C@H]1CC(C)=CC=CCC[C@H](OC(N)=O)[C@@H](O)C=C[C@@H](O)CCCC=CC(=O)O1. The average molecular weight is 585 g/mol. The summed E-state index contributed by atoms with van der Waals surface area (Å²) < 4.78 is 10.9. The van der Waals surface area contributed by atoms with E-state index in [1.54, 1.807) is 18.4 Å². The van der Waals surface area contributed by atoms with Gasteiger partial charge in [0.25, 0.3) is 0 Å². The monoisotopic (exact) mass is 584 g/mol. The van der Waals surface area contributed by atoms with Gasteiger partial charge in [-0.1, -0.05) is 66.2 Å². The van der Waals surface area contributed by atoms with E-state index in [0.717, 1.165) is 16.7 Å². The van der Waals surface area contributed by atoms with Gasteiger partial charge in [-0.05, 0) is 65.9 Å². The van der Waals surface area contributed by atoms with Crippen molar-refractivity contribution >= 4 is 18.0 Å². The summed E-state index contributed by atoms with van der Waals surface area (Å²) >= 11 is 0. The molecular weight excluding hydrogens is 536 g/mol. The third-order valence-electron chi connectivity index (χ3n) is 6.33. The highest BCUT2D eigenvalue weighted by atomic mass is 16.6. The number of esters is 1. The van der Waals surface area contributed by atoms with Gasteiger partial charge in [-0.25, -0.2) is 9.59 Å². The van der Waals surface area contributed by atoms with Crippen LogP contribution in [0.4, 0.5) is 4.79 Å². The Morgan fingerprint density at radius 1 is 1.14 bits per heavy atom. The van der Waals surface area contributed by atoms with Gasteiger partial charge in [-0.15, -0.1) is 0 Å². The van der Waals surface area contributed by atoms with Crippen molar-refractivity contribution < 1.29 is 34.1 Å². The van der Waals surface area contributed by atoms with E-state index in [1.165, 1.54) is 24.3 Å². The molecule has 232 valence electrons. The van der Waals surface area contributed by atoms with E-state index in [1.807, 2.05) is 58.9 Å². The molecular formula is C33H48N2O7. The molecule has 0 aromatic rings. The number of primary amides is 1. The summed E-state index contributed by atoms with van der Waals surface area (Å²) in [4.78, 5) is 35.8. The van der Waals surface area contributed by atoms with Crippen LogP contribution in [0.25, 0.3) is 0 Å². The first-order valence-corrected chi connectivity index (χ1v) is 14.4. The third-order valence-corrected chi connectivity index (χ3v) is 6.33.